The Morgan fingerprint density at radius 2 is 2.10 bits per heavy atom. The van der Waals surface area contributed by atoms with Crippen molar-refractivity contribution in [3.63, 3.8) is 0 Å². The molecule has 0 radical (unpaired) electrons. The van der Waals surface area contributed by atoms with Gasteiger partial charge in [0.15, 0.2) is 0 Å². The van der Waals surface area contributed by atoms with E-state index < -0.39 is 5.54 Å². The van der Waals surface area contributed by atoms with Crippen LogP contribution in [-0.2, 0) is 9.53 Å². The molecule has 0 aromatic heterocycles. The summed E-state index contributed by atoms with van der Waals surface area (Å²) in [5.74, 6) is 0.332. The van der Waals surface area contributed by atoms with Gasteiger partial charge >= 0.3 is 5.97 Å². The van der Waals surface area contributed by atoms with Crippen LogP contribution in [0.5, 0.6) is 0 Å². The van der Waals surface area contributed by atoms with Gasteiger partial charge in [-0.15, -0.1) is 0 Å². The molecule has 1 saturated carbocycles. The van der Waals surface area contributed by atoms with Gasteiger partial charge in [0.1, 0.15) is 5.54 Å². The van der Waals surface area contributed by atoms with E-state index in [9.17, 15) is 4.79 Å². The lowest BCUT2D eigenvalue weighted by Crippen LogP contribution is -2.55. The number of hydrogen-bond acceptors (Lipinski definition) is 4. The molecular weight excluding hydrogens is 264 g/mol. The number of rotatable bonds is 10. The molecule has 1 N–H and O–H groups in total. The second-order valence-electron chi connectivity index (χ2n) is 6.38. The van der Waals surface area contributed by atoms with E-state index in [-0.39, 0.29) is 5.97 Å². The molecule has 2 unspecified atom stereocenters. The highest BCUT2D eigenvalue weighted by atomic mass is 16.5. The molecule has 4 heteroatoms. The number of methoxy groups -OCH3 is 1. The van der Waals surface area contributed by atoms with Crippen LogP contribution in [0.4, 0.5) is 0 Å². The first-order valence-corrected chi connectivity index (χ1v) is 8.62. The molecule has 0 saturated heterocycles. The lowest BCUT2D eigenvalue weighted by Gasteiger charge is -2.34. The zero-order valence-corrected chi connectivity index (χ0v) is 14.4. The molecule has 0 aromatic carbocycles. The number of esters is 1. The number of likely N-dealkylation sites (N-methyl/N-ethyl adjacent to an activating group) is 1. The Kier molecular flexibility index (Phi) is 8.27. The average molecular weight is 298 g/mol. The van der Waals surface area contributed by atoms with E-state index >= 15 is 0 Å². The summed E-state index contributed by atoms with van der Waals surface area (Å²) in [6.45, 7) is 7.35. The molecular formula is C17H34N2O2. The molecule has 0 aromatic rings. The van der Waals surface area contributed by atoms with Crippen LogP contribution in [0, 0.1) is 5.92 Å². The number of nitrogens with one attached hydrogen (secondary N) is 1. The summed E-state index contributed by atoms with van der Waals surface area (Å²) >= 11 is 0. The Morgan fingerprint density at radius 1 is 1.33 bits per heavy atom. The summed E-state index contributed by atoms with van der Waals surface area (Å²) in [5.41, 5.74) is -0.437. The third kappa shape index (κ3) is 4.96. The van der Waals surface area contributed by atoms with Crippen molar-refractivity contribution >= 4 is 5.97 Å². The van der Waals surface area contributed by atoms with Crippen molar-refractivity contribution in [3.05, 3.63) is 0 Å². The zero-order valence-electron chi connectivity index (χ0n) is 14.4. The molecule has 0 heterocycles. The van der Waals surface area contributed by atoms with Crippen LogP contribution in [0.25, 0.3) is 0 Å². The molecule has 0 aliphatic heterocycles. The highest BCUT2D eigenvalue weighted by Crippen LogP contribution is 2.39. The minimum Gasteiger partial charge on any atom is -0.468 e. The fraction of sp³-hybridized carbons (Fsp3) is 0.941. The fourth-order valence-corrected chi connectivity index (χ4v) is 3.66. The van der Waals surface area contributed by atoms with Gasteiger partial charge in [0.25, 0.3) is 0 Å². The fourth-order valence-electron chi connectivity index (χ4n) is 3.66. The molecule has 21 heavy (non-hydrogen) atoms. The Bertz CT molecular complexity index is 309. The van der Waals surface area contributed by atoms with E-state index in [0.717, 1.165) is 45.3 Å². The quantitative estimate of drug-likeness (QED) is 0.497. The van der Waals surface area contributed by atoms with E-state index in [4.69, 9.17) is 4.74 Å². The van der Waals surface area contributed by atoms with Gasteiger partial charge < -0.3 is 15.0 Å². The molecule has 0 bridgehead atoms. The summed E-state index contributed by atoms with van der Waals surface area (Å²) in [4.78, 5) is 14.7. The number of carbonyl (C=O) groups is 1. The van der Waals surface area contributed by atoms with Gasteiger partial charge in [-0.2, -0.15) is 0 Å². The van der Waals surface area contributed by atoms with Crippen molar-refractivity contribution < 1.29 is 9.53 Å². The number of carbonyl (C=O) groups excluding carboxylic acids is 1. The Labute approximate surface area is 130 Å². The van der Waals surface area contributed by atoms with Crippen LogP contribution in [0.2, 0.25) is 0 Å². The predicted octanol–water partition coefficient (Wildman–Crippen LogP) is 2.82. The maximum absolute atomic E-state index is 12.3. The zero-order chi connectivity index (χ0) is 15.7. The first-order valence-electron chi connectivity index (χ1n) is 8.62. The minimum absolute atomic E-state index is 0.0690. The van der Waals surface area contributed by atoms with Crippen LogP contribution in [0.1, 0.15) is 58.8 Å². The van der Waals surface area contributed by atoms with E-state index in [1.54, 1.807) is 0 Å². The molecule has 4 nitrogen and oxygen atoms in total. The normalized spacial score (nSPS) is 25.5. The summed E-state index contributed by atoms with van der Waals surface area (Å²) in [7, 11) is 3.70. The van der Waals surface area contributed by atoms with E-state index in [0.29, 0.717) is 5.92 Å². The van der Waals surface area contributed by atoms with Gasteiger partial charge in [-0.3, -0.25) is 4.79 Å². The van der Waals surface area contributed by atoms with E-state index in [2.05, 4.69) is 31.1 Å². The lowest BCUT2D eigenvalue weighted by atomic mass is 9.84. The van der Waals surface area contributed by atoms with Crippen molar-refractivity contribution in [1.82, 2.24) is 10.2 Å². The van der Waals surface area contributed by atoms with Crippen LogP contribution < -0.4 is 5.32 Å². The molecule has 124 valence electrons. The van der Waals surface area contributed by atoms with Gasteiger partial charge in [-0.1, -0.05) is 33.1 Å². The third-order valence-corrected chi connectivity index (χ3v) is 4.87. The van der Waals surface area contributed by atoms with Gasteiger partial charge in [-0.05, 0) is 58.3 Å². The van der Waals surface area contributed by atoms with Gasteiger partial charge in [0.2, 0.25) is 0 Å². The highest BCUT2D eigenvalue weighted by molar-refractivity contribution is 5.81. The Hall–Kier alpha value is -0.610. The molecule has 2 atom stereocenters. The first kappa shape index (κ1) is 18.4. The smallest absolute Gasteiger partial charge is 0.326 e. The number of hydrogen-bond donors (Lipinski definition) is 1. The van der Waals surface area contributed by atoms with Crippen molar-refractivity contribution in [2.24, 2.45) is 5.92 Å². The SMILES string of the molecule is CCCCCN(C)CCC1CCCC1(NCC)C(=O)OC. The van der Waals surface area contributed by atoms with Crippen molar-refractivity contribution in [1.29, 1.82) is 0 Å². The lowest BCUT2D eigenvalue weighted by molar-refractivity contribution is -0.150. The summed E-state index contributed by atoms with van der Waals surface area (Å²) in [6, 6.07) is 0. The summed E-state index contributed by atoms with van der Waals surface area (Å²) in [6.07, 6.45) is 8.08. The molecule has 0 spiro atoms. The van der Waals surface area contributed by atoms with Crippen LogP contribution in [0.3, 0.4) is 0 Å². The summed E-state index contributed by atoms with van der Waals surface area (Å²) < 4.78 is 5.09. The third-order valence-electron chi connectivity index (χ3n) is 4.87. The van der Waals surface area contributed by atoms with Crippen LogP contribution >= 0.6 is 0 Å². The molecule has 1 aliphatic rings. The number of nitrogens with zero attached hydrogens (tertiary/aromatic N) is 1. The summed E-state index contributed by atoms with van der Waals surface area (Å²) in [5, 5.41) is 3.44. The van der Waals surface area contributed by atoms with Gasteiger partial charge in [-0.25, -0.2) is 0 Å². The largest absolute Gasteiger partial charge is 0.468 e. The molecule has 1 aliphatic carbocycles. The predicted molar refractivity (Wildman–Crippen MR) is 87.4 cm³/mol. The van der Waals surface area contributed by atoms with Crippen LogP contribution in [0.15, 0.2) is 0 Å². The second-order valence-corrected chi connectivity index (χ2v) is 6.38. The number of ether oxygens (including phenoxy) is 1. The standard InChI is InChI=1S/C17H34N2O2/c1-5-7-8-13-19(3)14-11-15-10-9-12-17(15,18-6-2)16(20)21-4/h15,18H,5-14H2,1-4H3. The first-order chi connectivity index (χ1) is 10.1. The van der Waals surface area contributed by atoms with Crippen molar-refractivity contribution in [3.8, 4) is 0 Å². The number of unbranched alkanes of at least 4 members (excludes halogenated alkanes) is 2. The molecule has 0 amide bonds. The van der Waals surface area contributed by atoms with Gasteiger partial charge in [0, 0.05) is 0 Å². The van der Waals surface area contributed by atoms with Gasteiger partial charge in [0.05, 0.1) is 7.11 Å². The monoisotopic (exact) mass is 298 g/mol. The minimum atomic E-state index is -0.437. The molecule has 1 rings (SSSR count). The van der Waals surface area contributed by atoms with Crippen LogP contribution in [-0.4, -0.2) is 50.2 Å². The highest BCUT2D eigenvalue weighted by Gasteiger charge is 2.48. The van der Waals surface area contributed by atoms with Crippen molar-refractivity contribution in [2.75, 3.05) is 33.8 Å². The second kappa shape index (κ2) is 9.42. The maximum atomic E-state index is 12.3. The molecule has 1 fully saturated rings. The Morgan fingerprint density at radius 3 is 2.71 bits per heavy atom. The van der Waals surface area contributed by atoms with E-state index in [1.165, 1.54) is 26.4 Å². The maximum Gasteiger partial charge on any atom is 0.326 e. The average Bonchev–Trinajstić information content (AvgIpc) is 2.89. The van der Waals surface area contributed by atoms with Crippen molar-refractivity contribution in [2.45, 2.75) is 64.3 Å². The topological polar surface area (TPSA) is 41.6 Å². The Balaban J connectivity index is 2.53. The van der Waals surface area contributed by atoms with E-state index in [1.807, 2.05) is 0 Å².